The summed E-state index contributed by atoms with van der Waals surface area (Å²) in [6, 6.07) is 6.06. The molecule has 0 bridgehead atoms. The molecule has 0 spiro atoms. The van der Waals surface area contributed by atoms with E-state index in [1.54, 1.807) is 24.3 Å². The number of hydrogen-bond donors (Lipinski definition) is 1. The van der Waals surface area contributed by atoms with Gasteiger partial charge in [-0.2, -0.15) is 0 Å². The second-order valence-corrected chi connectivity index (χ2v) is 7.25. The lowest BCUT2D eigenvalue weighted by Crippen LogP contribution is -2.58. The number of benzene rings is 1. The lowest BCUT2D eigenvalue weighted by Gasteiger charge is -2.44. The standard InChI is InChI=1S/C20H28N2O5/c1-5-27-15-9-7-14(8-10-15)18(24)21-13-16(23)22-12-6-11-20(2,3)17(22)19(25)26-4/h7-10,17H,5-6,11-13H2,1-4H3,(H,21,24). The molecule has 2 rings (SSSR count). The maximum Gasteiger partial charge on any atom is 0.329 e. The molecule has 0 aliphatic carbocycles. The van der Waals surface area contributed by atoms with Gasteiger partial charge >= 0.3 is 5.97 Å². The van der Waals surface area contributed by atoms with E-state index in [-0.39, 0.29) is 23.8 Å². The fourth-order valence-electron chi connectivity index (χ4n) is 3.45. The van der Waals surface area contributed by atoms with Gasteiger partial charge in [0.2, 0.25) is 5.91 Å². The quantitative estimate of drug-likeness (QED) is 0.768. The molecular weight excluding hydrogens is 348 g/mol. The average molecular weight is 376 g/mol. The van der Waals surface area contributed by atoms with Crippen LogP contribution in [0.1, 0.15) is 44.0 Å². The Morgan fingerprint density at radius 1 is 1.22 bits per heavy atom. The van der Waals surface area contributed by atoms with E-state index >= 15 is 0 Å². The molecule has 2 amide bonds. The first-order valence-corrected chi connectivity index (χ1v) is 9.18. The van der Waals surface area contributed by atoms with Gasteiger partial charge in [-0.05, 0) is 49.4 Å². The highest BCUT2D eigenvalue weighted by atomic mass is 16.5. The van der Waals surface area contributed by atoms with Crippen LogP contribution in [0.5, 0.6) is 5.75 Å². The summed E-state index contributed by atoms with van der Waals surface area (Å²) in [5.74, 6) is -0.387. The second kappa shape index (κ2) is 8.88. The van der Waals surface area contributed by atoms with Crippen LogP contribution in [0.15, 0.2) is 24.3 Å². The van der Waals surface area contributed by atoms with Crippen LogP contribution < -0.4 is 10.1 Å². The Morgan fingerprint density at radius 3 is 2.48 bits per heavy atom. The minimum absolute atomic E-state index is 0.171. The van der Waals surface area contributed by atoms with Crippen LogP contribution in [-0.2, 0) is 14.3 Å². The zero-order chi connectivity index (χ0) is 20.0. The summed E-state index contributed by atoms with van der Waals surface area (Å²) >= 11 is 0. The Kier molecular flexibility index (Phi) is 6.82. The molecule has 1 aromatic carbocycles. The molecule has 7 heteroatoms. The van der Waals surface area contributed by atoms with Crippen LogP contribution in [0.3, 0.4) is 0 Å². The topological polar surface area (TPSA) is 84.9 Å². The molecule has 1 N–H and O–H groups in total. The normalized spacial score (nSPS) is 18.5. The summed E-state index contributed by atoms with van der Waals surface area (Å²) < 4.78 is 10.2. The fourth-order valence-corrected chi connectivity index (χ4v) is 3.45. The number of hydrogen-bond acceptors (Lipinski definition) is 5. The predicted molar refractivity (Wildman–Crippen MR) is 100 cm³/mol. The highest BCUT2D eigenvalue weighted by molar-refractivity contribution is 5.97. The summed E-state index contributed by atoms with van der Waals surface area (Å²) in [5, 5.41) is 2.63. The van der Waals surface area contributed by atoms with Gasteiger partial charge in [-0.25, -0.2) is 4.79 Å². The van der Waals surface area contributed by atoms with Gasteiger partial charge in [0.05, 0.1) is 20.3 Å². The van der Waals surface area contributed by atoms with Crippen molar-refractivity contribution in [2.24, 2.45) is 5.41 Å². The highest BCUT2D eigenvalue weighted by Gasteiger charge is 2.45. The van der Waals surface area contributed by atoms with Gasteiger partial charge in [0.15, 0.2) is 0 Å². The van der Waals surface area contributed by atoms with Crippen LogP contribution in [-0.4, -0.2) is 55.5 Å². The largest absolute Gasteiger partial charge is 0.494 e. The Morgan fingerprint density at radius 2 is 1.89 bits per heavy atom. The Bertz CT molecular complexity index is 684. The highest BCUT2D eigenvalue weighted by Crippen LogP contribution is 2.35. The molecule has 1 atom stereocenters. The van der Waals surface area contributed by atoms with Gasteiger partial charge in [0, 0.05) is 12.1 Å². The average Bonchev–Trinajstić information content (AvgIpc) is 2.65. The molecule has 27 heavy (non-hydrogen) atoms. The van der Waals surface area contributed by atoms with Crippen LogP contribution >= 0.6 is 0 Å². The SMILES string of the molecule is CCOc1ccc(C(=O)NCC(=O)N2CCCC(C)(C)C2C(=O)OC)cc1. The van der Waals surface area contributed by atoms with Crippen molar-refractivity contribution in [3.05, 3.63) is 29.8 Å². The molecule has 1 saturated heterocycles. The van der Waals surface area contributed by atoms with Crippen LogP contribution in [0.25, 0.3) is 0 Å². The third kappa shape index (κ3) is 4.99. The van der Waals surface area contributed by atoms with Crippen molar-refractivity contribution in [3.8, 4) is 5.75 Å². The van der Waals surface area contributed by atoms with Gasteiger partial charge in [-0.15, -0.1) is 0 Å². The predicted octanol–water partition coefficient (Wildman–Crippen LogP) is 2.01. The minimum atomic E-state index is -0.647. The zero-order valence-electron chi connectivity index (χ0n) is 16.4. The fraction of sp³-hybridized carbons (Fsp3) is 0.550. The summed E-state index contributed by atoms with van der Waals surface area (Å²) in [4.78, 5) is 38.7. The number of amides is 2. The number of esters is 1. The molecule has 0 aromatic heterocycles. The number of nitrogens with zero attached hydrogens (tertiary/aromatic N) is 1. The van der Waals surface area contributed by atoms with Crippen LogP contribution in [0.4, 0.5) is 0 Å². The summed E-state index contributed by atoms with van der Waals surface area (Å²) in [7, 11) is 1.32. The van der Waals surface area contributed by atoms with Crippen molar-refractivity contribution in [2.45, 2.75) is 39.7 Å². The number of likely N-dealkylation sites (tertiary alicyclic amines) is 1. The van der Waals surface area contributed by atoms with E-state index in [0.29, 0.717) is 24.5 Å². The number of methoxy groups -OCH3 is 1. The van der Waals surface area contributed by atoms with Crippen molar-refractivity contribution in [1.29, 1.82) is 0 Å². The van der Waals surface area contributed by atoms with Crippen molar-refractivity contribution in [1.82, 2.24) is 10.2 Å². The molecular formula is C20H28N2O5. The molecule has 148 valence electrons. The number of nitrogens with one attached hydrogen (secondary N) is 1. The van der Waals surface area contributed by atoms with Gasteiger partial charge in [-0.1, -0.05) is 13.8 Å². The number of carbonyl (C=O) groups is 3. The van der Waals surface area contributed by atoms with Gasteiger partial charge in [0.1, 0.15) is 11.8 Å². The minimum Gasteiger partial charge on any atom is -0.494 e. The first-order chi connectivity index (χ1) is 12.8. The third-order valence-corrected chi connectivity index (χ3v) is 4.84. The van der Waals surface area contributed by atoms with E-state index in [2.05, 4.69) is 5.32 Å². The third-order valence-electron chi connectivity index (χ3n) is 4.84. The van der Waals surface area contributed by atoms with Gasteiger partial charge in [0.25, 0.3) is 5.91 Å². The van der Waals surface area contributed by atoms with E-state index in [4.69, 9.17) is 9.47 Å². The van der Waals surface area contributed by atoms with Crippen LogP contribution in [0.2, 0.25) is 0 Å². The molecule has 1 fully saturated rings. The number of rotatable bonds is 6. The lowest BCUT2D eigenvalue weighted by atomic mass is 9.76. The zero-order valence-corrected chi connectivity index (χ0v) is 16.4. The molecule has 1 unspecified atom stereocenters. The van der Waals surface area contributed by atoms with Gasteiger partial charge in [-0.3, -0.25) is 9.59 Å². The van der Waals surface area contributed by atoms with E-state index in [9.17, 15) is 14.4 Å². The number of ether oxygens (including phenoxy) is 2. The molecule has 0 radical (unpaired) electrons. The molecule has 1 heterocycles. The number of piperidine rings is 1. The van der Waals surface area contributed by atoms with E-state index in [0.717, 1.165) is 12.8 Å². The number of carbonyl (C=O) groups excluding carboxylic acids is 3. The molecule has 1 aliphatic heterocycles. The Balaban J connectivity index is 2.00. The van der Waals surface area contributed by atoms with E-state index < -0.39 is 12.0 Å². The van der Waals surface area contributed by atoms with Gasteiger partial charge < -0.3 is 19.7 Å². The maximum absolute atomic E-state index is 12.7. The molecule has 0 saturated carbocycles. The Hall–Kier alpha value is -2.57. The summed E-state index contributed by atoms with van der Waals surface area (Å²) in [6.45, 7) is 6.64. The lowest BCUT2D eigenvalue weighted by molar-refractivity contribution is -0.161. The van der Waals surface area contributed by atoms with Crippen molar-refractivity contribution in [3.63, 3.8) is 0 Å². The summed E-state index contributed by atoms with van der Waals surface area (Å²) in [6.07, 6.45) is 1.63. The first-order valence-electron chi connectivity index (χ1n) is 9.18. The molecule has 1 aromatic rings. The van der Waals surface area contributed by atoms with E-state index in [1.165, 1.54) is 12.0 Å². The summed E-state index contributed by atoms with van der Waals surface area (Å²) in [5.41, 5.74) is 0.0647. The smallest absolute Gasteiger partial charge is 0.329 e. The molecule has 1 aliphatic rings. The van der Waals surface area contributed by atoms with Crippen molar-refractivity contribution < 1.29 is 23.9 Å². The second-order valence-electron chi connectivity index (χ2n) is 7.25. The van der Waals surface area contributed by atoms with E-state index in [1.807, 2.05) is 20.8 Å². The monoisotopic (exact) mass is 376 g/mol. The maximum atomic E-state index is 12.7. The Labute approximate surface area is 160 Å². The molecule has 7 nitrogen and oxygen atoms in total. The van der Waals surface area contributed by atoms with Crippen LogP contribution in [0, 0.1) is 5.41 Å². The first kappa shape index (κ1) is 20.7. The van der Waals surface area contributed by atoms with Crippen molar-refractivity contribution in [2.75, 3.05) is 26.8 Å². The van der Waals surface area contributed by atoms with Crippen molar-refractivity contribution >= 4 is 17.8 Å².